The van der Waals surface area contributed by atoms with Gasteiger partial charge in [-0.2, -0.15) is 0 Å². The molecule has 0 amide bonds. The highest BCUT2D eigenvalue weighted by atomic mass is 31.2. The van der Waals surface area contributed by atoms with Crippen LogP contribution in [0.2, 0.25) is 0 Å². The zero-order valence-corrected chi connectivity index (χ0v) is 16.1. The summed E-state index contributed by atoms with van der Waals surface area (Å²) in [5.41, 5.74) is 1.25. The highest BCUT2D eigenvalue weighted by molar-refractivity contribution is 7.54. The maximum absolute atomic E-state index is 13.1. The van der Waals surface area contributed by atoms with E-state index in [9.17, 15) is 9.67 Å². The van der Waals surface area contributed by atoms with E-state index in [0.717, 1.165) is 0 Å². The van der Waals surface area contributed by atoms with Gasteiger partial charge in [0.1, 0.15) is 17.6 Å². The second kappa shape index (κ2) is 8.02. The van der Waals surface area contributed by atoms with E-state index in [-0.39, 0.29) is 0 Å². The Morgan fingerprint density at radius 3 is 2.04 bits per heavy atom. The second-order valence-corrected chi connectivity index (χ2v) is 8.75. The van der Waals surface area contributed by atoms with Gasteiger partial charge < -0.3 is 14.4 Å². The highest BCUT2D eigenvalue weighted by Gasteiger charge is 2.32. The largest absolute Gasteiger partial charge is 0.497 e. The molecule has 6 nitrogen and oxygen atoms in total. The number of ether oxygens (including phenoxy) is 1. The smallest absolute Gasteiger partial charge is 0.394 e. The second-order valence-electron chi connectivity index (χ2n) is 5.99. The molecule has 0 aromatic heterocycles. The van der Waals surface area contributed by atoms with E-state index < -0.39 is 13.8 Å². The van der Waals surface area contributed by atoms with Crippen molar-refractivity contribution >= 4 is 7.67 Å². The van der Waals surface area contributed by atoms with Crippen LogP contribution < -0.4 is 9.26 Å². The number of aliphatic hydroxyl groups is 1. The molecule has 25 heavy (non-hydrogen) atoms. The minimum Gasteiger partial charge on any atom is -0.497 e. The Kier molecular flexibility index (Phi) is 6.25. The molecule has 0 aliphatic rings. The van der Waals surface area contributed by atoms with Gasteiger partial charge >= 0.3 is 7.67 Å². The van der Waals surface area contributed by atoms with Crippen LogP contribution >= 0.6 is 7.67 Å². The molecule has 0 bridgehead atoms. The Hall–Kier alpha value is -1.85. The molecule has 0 aliphatic heterocycles. The predicted octanol–water partition coefficient (Wildman–Crippen LogP) is 3.39. The first kappa shape index (κ1) is 19.5. The van der Waals surface area contributed by atoms with Crippen molar-refractivity contribution in [2.45, 2.75) is 6.10 Å². The first-order chi connectivity index (χ1) is 11.8. The van der Waals surface area contributed by atoms with Gasteiger partial charge in [0.15, 0.2) is 0 Å². The fourth-order valence-electron chi connectivity index (χ4n) is 2.40. The van der Waals surface area contributed by atoms with E-state index in [4.69, 9.17) is 9.26 Å². The zero-order valence-electron chi connectivity index (χ0n) is 15.2. The van der Waals surface area contributed by atoms with Gasteiger partial charge in [-0.1, -0.05) is 30.3 Å². The van der Waals surface area contributed by atoms with E-state index in [1.54, 1.807) is 87.1 Å². The number of nitrogens with zero attached hydrogens (tertiary/aromatic N) is 2. The molecule has 1 atom stereocenters. The van der Waals surface area contributed by atoms with Crippen LogP contribution in [0.4, 0.5) is 0 Å². The Morgan fingerprint density at radius 1 is 0.960 bits per heavy atom. The first-order valence-electron chi connectivity index (χ1n) is 7.85. The average Bonchev–Trinajstić information content (AvgIpc) is 2.61. The molecule has 1 N–H and O–H groups in total. The van der Waals surface area contributed by atoms with Crippen molar-refractivity contribution in [1.29, 1.82) is 0 Å². The summed E-state index contributed by atoms with van der Waals surface area (Å²) in [5, 5.41) is 10.8. The van der Waals surface area contributed by atoms with Crippen molar-refractivity contribution in [2.75, 3.05) is 35.3 Å². The third-order valence-corrected chi connectivity index (χ3v) is 6.33. The summed E-state index contributed by atoms with van der Waals surface area (Å²) < 4.78 is 27.2. The number of rotatable bonds is 7. The average molecular weight is 364 g/mol. The maximum atomic E-state index is 13.1. The first-order valence-corrected chi connectivity index (χ1v) is 9.39. The summed E-state index contributed by atoms with van der Waals surface area (Å²) in [5.74, 6) is 1.10. The van der Waals surface area contributed by atoms with Crippen LogP contribution in [0.3, 0.4) is 0 Å². The van der Waals surface area contributed by atoms with Gasteiger partial charge in [0.05, 0.1) is 7.11 Å². The standard InChI is InChI=1S/C18H25N2O4P/c1-19(2)25(22,20(3)4)24-17-9-7-6-8-16(17)18(21)14-10-12-15(23-5)13-11-14/h6-13,18,21H,1-5H3/t18-/m1/s1. The summed E-state index contributed by atoms with van der Waals surface area (Å²) in [4.78, 5) is 0. The monoisotopic (exact) mass is 364 g/mol. The van der Waals surface area contributed by atoms with Crippen molar-refractivity contribution in [3.05, 3.63) is 59.7 Å². The molecular weight excluding hydrogens is 339 g/mol. The summed E-state index contributed by atoms with van der Waals surface area (Å²) in [6, 6.07) is 14.2. The van der Waals surface area contributed by atoms with E-state index in [2.05, 4.69) is 0 Å². The normalized spacial score (nSPS) is 13.1. The molecule has 0 saturated carbocycles. The summed E-state index contributed by atoms with van der Waals surface area (Å²) in [7, 11) is 5.16. The van der Waals surface area contributed by atoms with E-state index in [0.29, 0.717) is 22.6 Å². The molecule has 0 radical (unpaired) electrons. The lowest BCUT2D eigenvalue weighted by Gasteiger charge is -2.30. The lowest BCUT2D eigenvalue weighted by Crippen LogP contribution is -2.25. The summed E-state index contributed by atoms with van der Waals surface area (Å²) in [6.07, 6.45) is -0.903. The number of aliphatic hydroxyl groups excluding tert-OH is 1. The molecule has 136 valence electrons. The Morgan fingerprint density at radius 2 is 1.52 bits per heavy atom. The number of hydrogen-bond acceptors (Lipinski definition) is 4. The molecule has 2 aromatic carbocycles. The molecule has 0 fully saturated rings. The summed E-state index contributed by atoms with van der Waals surface area (Å²) >= 11 is 0. The topological polar surface area (TPSA) is 62.2 Å². The minimum absolute atomic E-state index is 0.386. The van der Waals surface area contributed by atoms with Crippen molar-refractivity contribution in [1.82, 2.24) is 9.34 Å². The number of hydrogen-bond donors (Lipinski definition) is 1. The van der Waals surface area contributed by atoms with Gasteiger partial charge in [0.2, 0.25) is 0 Å². The van der Waals surface area contributed by atoms with Gasteiger partial charge in [0, 0.05) is 5.56 Å². The molecule has 0 saturated heterocycles. The SMILES string of the molecule is COc1ccc([C@@H](O)c2ccccc2OP(=O)(N(C)C)N(C)C)cc1. The molecular formula is C18H25N2O4P. The van der Waals surface area contributed by atoms with Crippen LogP contribution in [0.15, 0.2) is 48.5 Å². The van der Waals surface area contributed by atoms with E-state index in [1.165, 1.54) is 0 Å². The van der Waals surface area contributed by atoms with Crippen LogP contribution in [0, 0.1) is 0 Å². The van der Waals surface area contributed by atoms with Crippen LogP contribution in [0.1, 0.15) is 17.2 Å². The van der Waals surface area contributed by atoms with Gasteiger partial charge in [0.25, 0.3) is 0 Å². The van der Waals surface area contributed by atoms with E-state index in [1.807, 2.05) is 6.07 Å². The third-order valence-electron chi connectivity index (χ3n) is 3.87. The number of benzene rings is 2. The van der Waals surface area contributed by atoms with Crippen molar-refractivity contribution in [2.24, 2.45) is 0 Å². The molecule has 2 rings (SSSR count). The van der Waals surface area contributed by atoms with Crippen molar-refractivity contribution in [3.8, 4) is 11.5 Å². The predicted molar refractivity (Wildman–Crippen MR) is 99.1 cm³/mol. The Labute approximate surface area is 149 Å². The van der Waals surface area contributed by atoms with E-state index >= 15 is 0 Å². The highest BCUT2D eigenvalue weighted by Crippen LogP contribution is 2.51. The molecule has 0 unspecified atom stereocenters. The quantitative estimate of drug-likeness (QED) is 0.760. The minimum atomic E-state index is -3.22. The number of para-hydroxylation sites is 1. The van der Waals surface area contributed by atoms with Crippen molar-refractivity contribution in [3.63, 3.8) is 0 Å². The molecule has 2 aromatic rings. The fraction of sp³-hybridized carbons (Fsp3) is 0.333. The Balaban J connectivity index is 2.38. The van der Waals surface area contributed by atoms with Gasteiger partial charge in [-0.3, -0.25) is 0 Å². The lowest BCUT2D eigenvalue weighted by atomic mass is 10.0. The van der Waals surface area contributed by atoms with Crippen molar-refractivity contribution < 1.29 is 18.9 Å². The number of methoxy groups -OCH3 is 1. The Bertz CT molecular complexity index is 735. The van der Waals surface area contributed by atoms with Crippen LogP contribution in [0.5, 0.6) is 11.5 Å². The fourth-order valence-corrected chi connectivity index (χ4v) is 3.87. The third kappa shape index (κ3) is 4.22. The van der Waals surface area contributed by atoms with Gasteiger partial charge in [-0.05, 0) is 52.0 Å². The summed E-state index contributed by atoms with van der Waals surface area (Å²) in [6.45, 7) is 0. The molecule has 0 aliphatic carbocycles. The lowest BCUT2D eigenvalue weighted by molar-refractivity contribution is 0.216. The van der Waals surface area contributed by atoms with Crippen LogP contribution in [0.25, 0.3) is 0 Å². The van der Waals surface area contributed by atoms with Crippen LogP contribution in [-0.4, -0.2) is 49.7 Å². The molecule has 0 heterocycles. The molecule has 0 spiro atoms. The maximum Gasteiger partial charge on any atom is 0.394 e. The van der Waals surface area contributed by atoms with Gasteiger partial charge in [-0.25, -0.2) is 13.9 Å². The molecule has 7 heteroatoms. The van der Waals surface area contributed by atoms with Crippen LogP contribution in [-0.2, 0) is 4.57 Å². The van der Waals surface area contributed by atoms with Gasteiger partial charge in [-0.15, -0.1) is 0 Å². The zero-order chi connectivity index (χ0) is 18.6.